The van der Waals surface area contributed by atoms with E-state index in [0.717, 1.165) is 22.3 Å². The van der Waals surface area contributed by atoms with Crippen LogP contribution in [-0.4, -0.2) is 15.0 Å². The average molecular weight is 674 g/mol. The third-order valence-electron chi connectivity index (χ3n) is 9.36. The maximum atomic E-state index is 5.08. The van der Waals surface area contributed by atoms with Gasteiger partial charge >= 0.3 is 0 Å². The molecule has 10 rings (SSSR count). The number of rotatable bonds is 5. The van der Waals surface area contributed by atoms with E-state index in [4.69, 9.17) is 15.0 Å². The number of aromatic nitrogens is 3. The number of nitrogens with zero attached hydrogens (tertiary/aromatic N) is 3. The van der Waals surface area contributed by atoms with Crippen LogP contribution >= 0.6 is 22.7 Å². The predicted octanol–water partition coefficient (Wildman–Crippen LogP) is 12.9. The van der Waals surface area contributed by atoms with E-state index in [1.807, 2.05) is 46.9 Å². The molecule has 0 spiro atoms. The Balaban J connectivity index is 1.10. The van der Waals surface area contributed by atoms with Crippen LogP contribution in [0, 0.1) is 0 Å². The fourth-order valence-electron chi connectivity index (χ4n) is 6.85. The molecule has 0 unspecified atom stereocenters. The summed E-state index contributed by atoms with van der Waals surface area (Å²) in [5, 5.41) is 5.09. The first-order chi connectivity index (χ1) is 24.7. The van der Waals surface area contributed by atoms with Crippen molar-refractivity contribution in [3.8, 4) is 56.4 Å². The summed E-state index contributed by atoms with van der Waals surface area (Å²) < 4.78 is 5.16. The minimum Gasteiger partial charge on any atom is -0.208 e. The summed E-state index contributed by atoms with van der Waals surface area (Å²) in [6.07, 6.45) is 0. The van der Waals surface area contributed by atoms with Crippen LogP contribution in [0.25, 0.3) is 96.8 Å². The van der Waals surface area contributed by atoms with Crippen molar-refractivity contribution >= 4 is 63.0 Å². The van der Waals surface area contributed by atoms with Crippen LogP contribution in [0.3, 0.4) is 0 Å². The van der Waals surface area contributed by atoms with Gasteiger partial charge in [-0.25, -0.2) is 15.0 Å². The van der Waals surface area contributed by atoms with Crippen LogP contribution in [0.2, 0.25) is 0 Å². The lowest BCUT2D eigenvalue weighted by molar-refractivity contribution is 1.07. The molecule has 50 heavy (non-hydrogen) atoms. The van der Waals surface area contributed by atoms with E-state index in [0.29, 0.717) is 17.5 Å². The van der Waals surface area contributed by atoms with Gasteiger partial charge in [-0.2, -0.15) is 0 Å². The number of fused-ring (bicyclic) bond motifs is 6. The summed E-state index contributed by atoms with van der Waals surface area (Å²) in [5.41, 5.74) is 7.72. The van der Waals surface area contributed by atoms with Gasteiger partial charge in [-0.3, -0.25) is 0 Å². The molecule has 0 atom stereocenters. The summed E-state index contributed by atoms with van der Waals surface area (Å²) in [6, 6.07) is 57.9. The summed E-state index contributed by atoms with van der Waals surface area (Å²) in [4.78, 5) is 15.1. The Morgan fingerprint density at radius 3 is 1.50 bits per heavy atom. The summed E-state index contributed by atoms with van der Waals surface area (Å²) in [7, 11) is 0. The molecule has 10 aromatic rings. The largest absolute Gasteiger partial charge is 0.208 e. The third kappa shape index (κ3) is 4.98. The van der Waals surface area contributed by atoms with Crippen LogP contribution in [0.1, 0.15) is 0 Å². The van der Waals surface area contributed by atoms with Crippen molar-refractivity contribution in [1.82, 2.24) is 15.0 Å². The molecular formula is C45H27N3S2. The molecule has 0 radical (unpaired) electrons. The van der Waals surface area contributed by atoms with E-state index in [-0.39, 0.29) is 0 Å². The molecule has 3 aromatic heterocycles. The molecule has 3 heterocycles. The highest BCUT2D eigenvalue weighted by molar-refractivity contribution is 7.26. The SMILES string of the molecule is c1ccc(-c2ccc(-c3nc(-c4ccccc4)nc(-c4ccc5sc6ccc(-c7cccc8c7sc7ccccc78)cc6c5c4)n3)cc2)cc1. The molecule has 0 bridgehead atoms. The molecule has 0 amide bonds. The minimum absolute atomic E-state index is 0.655. The van der Waals surface area contributed by atoms with Gasteiger partial charge in [-0.05, 0) is 58.7 Å². The van der Waals surface area contributed by atoms with E-state index in [2.05, 4.69) is 140 Å². The number of thiophene rings is 2. The Morgan fingerprint density at radius 2 is 0.780 bits per heavy atom. The Kier molecular flexibility index (Phi) is 6.86. The first-order valence-corrected chi connectivity index (χ1v) is 18.2. The predicted molar refractivity (Wildman–Crippen MR) is 213 cm³/mol. The molecule has 0 saturated heterocycles. The lowest BCUT2D eigenvalue weighted by Gasteiger charge is -2.09. The van der Waals surface area contributed by atoms with Gasteiger partial charge in [0.25, 0.3) is 0 Å². The normalized spacial score (nSPS) is 11.6. The zero-order chi connectivity index (χ0) is 33.0. The van der Waals surface area contributed by atoms with E-state index in [1.165, 1.54) is 57.0 Å². The van der Waals surface area contributed by atoms with Crippen LogP contribution < -0.4 is 0 Å². The monoisotopic (exact) mass is 673 g/mol. The molecule has 0 aliphatic carbocycles. The molecule has 0 N–H and O–H groups in total. The van der Waals surface area contributed by atoms with E-state index in [9.17, 15) is 0 Å². The molecule has 5 heteroatoms. The topological polar surface area (TPSA) is 38.7 Å². The van der Waals surface area contributed by atoms with Gasteiger partial charge in [-0.15, -0.1) is 22.7 Å². The number of hydrogen-bond donors (Lipinski definition) is 0. The second-order valence-electron chi connectivity index (χ2n) is 12.4. The van der Waals surface area contributed by atoms with Crippen LogP contribution in [0.5, 0.6) is 0 Å². The number of hydrogen-bond acceptors (Lipinski definition) is 5. The highest BCUT2D eigenvalue weighted by Crippen LogP contribution is 2.43. The lowest BCUT2D eigenvalue weighted by atomic mass is 10.00. The van der Waals surface area contributed by atoms with Crippen molar-refractivity contribution in [1.29, 1.82) is 0 Å². The molecule has 0 aliphatic heterocycles. The van der Waals surface area contributed by atoms with Crippen molar-refractivity contribution in [3.05, 3.63) is 164 Å². The lowest BCUT2D eigenvalue weighted by Crippen LogP contribution is -2.00. The highest BCUT2D eigenvalue weighted by atomic mass is 32.1. The maximum absolute atomic E-state index is 5.08. The maximum Gasteiger partial charge on any atom is 0.164 e. The van der Waals surface area contributed by atoms with Gasteiger partial charge in [0.15, 0.2) is 17.5 Å². The Labute approximate surface area is 296 Å². The first kappa shape index (κ1) is 29.0. The Morgan fingerprint density at radius 1 is 0.300 bits per heavy atom. The van der Waals surface area contributed by atoms with E-state index >= 15 is 0 Å². The van der Waals surface area contributed by atoms with Gasteiger partial charge in [0.2, 0.25) is 0 Å². The summed E-state index contributed by atoms with van der Waals surface area (Å²) in [6.45, 7) is 0. The third-order valence-corrected chi connectivity index (χ3v) is 11.7. The zero-order valence-electron chi connectivity index (χ0n) is 26.7. The quantitative estimate of drug-likeness (QED) is 0.182. The van der Waals surface area contributed by atoms with E-state index in [1.54, 1.807) is 0 Å². The Bertz CT molecular complexity index is 2850. The van der Waals surface area contributed by atoms with Crippen molar-refractivity contribution in [2.24, 2.45) is 0 Å². The van der Waals surface area contributed by atoms with Gasteiger partial charge in [0.1, 0.15) is 0 Å². The second kappa shape index (κ2) is 11.8. The summed E-state index contributed by atoms with van der Waals surface area (Å²) in [5.74, 6) is 1.97. The average Bonchev–Trinajstić information content (AvgIpc) is 3.76. The van der Waals surface area contributed by atoms with Gasteiger partial charge in [0.05, 0.1) is 0 Å². The standard InChI is InChI=1S/C45H27N3S2/c1-3-10-28(11-4-1)29-18-20-31(21-19-29)44-46-43(30-12-5-2-6-13-30)47-45(48-44)33-23-25-41-38(27-33)37-26-32(22-24-40(37)49-41)34-15-9-16-36-35-14-7-8-17-39(35)50-42(34)36/h1-27H. The van der Waals surface area contributed by atoms with E-state index < -0.39 is 0 Å². The summed E-state index contributed by atoms with van der Waals surface area (Å²) >= 11 is 3.70. The van der Waals surface area contributed by atoms with Crippen LogP contribution in [0.15, 0.2) is 164 Å². The fourth-order valence-corrected chi connectivity index (χ4v) is 9.16. The van der Waals surface area contributed by atoms with Crippen molar-refractivity contribution in [2.45, 2.75) is 0 Å². The van der Waals surface area contributed by atoms with Crippen molar-refractivity contribution < 1.29 is 0 Å². The minimum atomic E-state index is 0.655. The molecule has 0 fully saturated rings. The van der Waals surface area contributed by atoms with Crippen molar-refractivity contribution in [3.63, 3.8) is 0 Å². The molecule has 234 valence electrons. The smallest absolute Gasteiger partial charge is 0.164 e. The van der Waals surface area contributed by atoms with Crippen molar-refractivity contribution in [2.75, 3.05) is 0 Å². The molecule has 0 saturated carbocycles. The molecular weight excluding hydrogens is 647 g/mol. The van der Waals surface area contributed by atoms with Crippen LogP contribution in [0.4, 0.5) is 0 Å². The van der Waals surface area contributed by atoms with Gasteiger partial charge < -0.3 is 0 Å². The zero-order valence-corrected chi connectivity index (χ0v) is 28.4. The van der Waals surface area contributed by atoms with Crippen LogP contribution in [-0.2, 0) is 0 Å². The first-order valence-electron chi connectivity index (χ1n) is 16.6. The molecule has 0 aliphatic rings. The van der Waals surface area contributed by atoms with Gasteiger partial charge in [-0.1, -0.05) is 127 Å². The molecule has 3 nitrogen and oxygen atoms in total. The Hall–Kier alpha value is -6.01. The number of benzene rings is 7. The fraction of sp³-hybridized carbons (Fsp3) is 0. The molecule has 7 aromatic carbocycles. The second-order valence-corrected chi connectivity index (χ2v) is 14.6. The highest BCUT2D eigenvalue weighted by Gasteiger charge is 2.16. The van der Waals surface area contributed by atoms with Gasteiger partial charge in [0, 0.05) is 57.0 Å².